The van der Waals surface area contributed by atoms with Crippen LogP contribution in [0.4, 0.5) is 0 Å². The normalized spacial score (nSPS) is 21.6. The molecular formula is C12H16BrNO. The molecule has 1 atom stereocenters. The van der Waals surface area contributed by atoms with Gasteiger partial charge < -0.3 is 10.1 Å². The average Bonchev–Trinajstić information content (AvgIpc) is 2.29. The molecule has 82 valence electrons. The Kier molecular flexibility index (Phi) is 3.78. The fourth-order valence-corrected chi connectivity index (χ4v) is 2.40. The molecule has 0 radical (unpaired) electrons. The van der Waals surface area contributed by atoms with Crippen LogP contribution in [-0.4, -0.2) is 19.7 Å². The molecular weight excluding hydrogens is 254 g/mol. The third-order valence-corrected chi connectivity index (χ3v) is 3.15. The fourth-order valence-electron chi connectivity index (χ4n) is 1.84. The molecule has 0 amide bonds. The van der Waals surface area contributed by atoms with E-state index in [0.29, 0.717) is 0 Å². The predicted octanol–water partition coefficient (Wildman–Crippen LogP) is 2.67. The van der Waals surface area contributed by atoms with Crippen LogP contribution in [-0.2, 0) is 11.2 Å². The van der Waals surface area contributed by atoms with Crippen LogP contribution in [0.1, 0.15) is 24.2 Å². The zero-order chi connectivity index (χ0) is 10.7. The summed E-state index contributed by atoms with van der Waals surface area (Å²) in [5.41, 5.74) is 2.63. The predicted molar refractivity (Wildman–Crippen MR) is 65.1 cm³/mol. The third-order valence-electron chi connectivity index (χ3n) is 2.69. The summed E-state index contributed by atoms with van der Waals surface area (Å²) in [6.45, 7) is 4.86. The van der Waals surface area contributed by atoms with E-state index in [9.17, 15) is 0 Å². The first kappa shape index (κ1) is 11.1. The van der Waals surface area contributed by atoms with Gasteiger partial charge in [0.05, 0.1) is 12.7 Å². The number of hydrogen-bond donors (Lipinski definition) is 1. The van der Waals surface area contributed by atoms with Gasteiger partial charge in [-0.2, -0.15) is 0 Å². The third kappa shape index (κ3) is 2.80. The molecule has 0 spiro atoms. The molecule has 1 aromatic carbocycles. The number of halogens is 1. The summed E-state index contributed by atoms with van der Waals surface area (Å²) in [6.07, 6.45) is 1.27. The number of morpholine rings is 1. The van der Waals surface area contributed by atoms with Crippen molar-refractivity contribution in [1.29, 1.82) is 0 Å². The van der Waals surface area contributed by atoms with E-state index < -0.39 is 0 Å². The van der Waals surface area contributed by atoms with Gasteiger partial charge in [-0.25, -0.2) is 0 Å². The van der Waals surface area contributed by atoms with Gasteiger partial charge in [-0.3, -0.25) is 0 Å². The molecule has 0 bridgehead atoms. The highest BCUT2D eigenvalue weighted by Crippen LogP contribution is 2.24. The van der Waals surface area contributed by atoms with Crippen LogP contribution in [0.3, 0.4) is 0 Å². The molecule has 2 nitrogen and oxygen atoms in total. The van der Waals surface area contributed by atoms with Crippen LogP contribution in [0, 0.1) is 0 Å². The zero-order valence-corrected chi connectivity index (χ0v) is 10.5. The number of hydrogen-bond acceptors (Lipinski definition) is 2. The summed E-state index contributed by atoms with van der Waals surface area (Å²) in [6, 6.07) is 6.55. The van der Waals surface area contributed by atoms with Gasteiger partial charge in [0.2, 0.25) is 0 Å². The highest BCUT2D eigenvalue weighted by molar-refractivity contribution is 9.10. The lowest BCUT2D eigenvalue weighted by molar-refractivity contribution is 0.0276. The molecule has 2 rings (SSSR count). The molecule has 1 heterocycles. The van der Waals surface area contributed by atoms with Crippen molar-refractivity contribution in [3.05, 3.63) is 33.8 Å². The van der Waals surface area contributed by atoms with Crippen LogP contribution >= 0.6 is 15.9 Å². The average molecular weight is 270 g/mol. The SMILES string of the molecule is CCc1cc(Br)cc(C2CNCCO2)c1. The Morgan fingerprint density at radius 2 is 2.33 bits per heavy atom. The Morgan fingerprint density at radius 3 is 3.00 bits per heavy atom. The van der Waals surface area contributed by atoms with Crippen LogP contribution < -0.4 is 5.32 Å². The summed E-state index contributed by atoms with van der Waals surface area (Å²) in [5.74, 6) is 0. The van der Waals surface area contributed by atoms with Crippen LogP contribution in [0.25, 0.3) is 0 Å². The zero-order valence-electron chi connectivity index (χ0n) is 8.92. The van der Waals surface area contributed by atoms with Gasteiger partial charge in [-0.05, 0) is 29.7 Å². The van der Waals surface area contributed by atoms with E-state index in [2.05, 4.69) is 46.4 Å². The first-order valence-corrected chi connectivity index (χ1v) is 6.20. The van der Waals surface area contributed by atoms with Crippen molar-refractivity contribution in [1.82, 2.24) is 5.32 Å². The summed E-state index contributed by atoms with van der Waals surface area (Å²) in [7, 11) is 0. The smallest absolute Gasteiger partial charge is 0.0950 e. The van der Waals surface area contributed by atoms with Crippen LogP contribution in [0.15, 0.2) is 22.7 Å². The fraction of sp³-hybridized carbons (Fsp3) is 0.500. The van der Waals surface area contributed by atoms with Gasteiger partial charge in [0.25, 0.3) is 0 Å². The number of rotatable bonds is 2. The van der Waals surface area contributed by atoms with E-state index in [-0.39, 0.29) is 6.10 Å². The second-order valence-electron chi connectivity index (χ2n) is 3.81. The lowest BCUT2D eigenvalue weighted by Crippen LogP contribution is -2.33. The maximum absolute atomic E-state index is 5.74. The summed E-state index contributed by atoms with van der Waals surface area (Å²) in [4.78, 5) is 0. The number of nitrogens with one attached hydrogen (secondary N) is 1. The second-order valence-corrected chi connectivity index (χ2v) is 4.73. The highest BCUT2D eigenvalue weighted by Gasteiger charge is 2.16. The standard InChI is InChI=1S/C12H16BrNO/c1-2-9-5-10(7-11(13)6-9)12-8-14-3-4-15-12/h5-7,12,14H,2-4,8H2,1H3. The minimum Gasteiger partial charge on any atom is -0.371 e. The molecule has 1 saturated heterocycles. The maximum Gasteiger partial charge on any atom is 0.0950 e. The minimum atomic E-state index is 0.210. The molecule has 3 heteroatoms. The lowest BCUT2D eigenvalue weighted by Gasteiger charge is -2.24. The number of ether oxygens (including phenoxy) is 1. The van der Waals surface area contributed by atoms with Crippen molar-refractivity contribution in [2.24, 2.45) is 0 Å². The molecule has 0 aromatic heterocycles. The molecule has 1 aliphatic heterocycles. The summed E-state index contributed by atoms with van der Waals surface area (Å²) < 4.78 is 6.88. The maximum atomic E-state index is 5.74. The number of aryl methyl sites for hydroxylation is 1. The Morgan fingerprint density at radius 1 is 1.47 bits per heavy atom. The van der Waals surface area contributed by atoms with E-state index in [0.717, 1.165) is 30.6 Å². The van der Waals surface area contributed by atoms with Gasteiger partial charge in [-0.1, -0.05) is 28.9 Å². The Hall–Kier alpha value is -0.380. The van der Waals surface area contributed by atoms with Gasteiger partial charge in [-0.15, -0.1) is 0 Å². The molecule has 1 N–H and O–H groups in total. The van der Waals surface area contributed by atoms with E-state index in [4.69, 9.17) is 4.74 Å². The van der Waals surface area contributed by atoms with Gasteiger partial charge in [0.15, 0.2) is 0 Å². The van der Waals surface area contributed by atoms with Crippen molar-refractivity contribution in [2.75, 3.05) is 19.7 Å². The topological polar surface area (TPSA) is 21.3 Å². The summed E-state index contributed by atoms with van der Waals surface area (Å²) >= 11 is 3.54. The first-order valence-electron chi connectivity index (χ1n) is 5.41. The molecule has 1 unspecified atom stereocenters. The number of benzene rings is 1. The highest BCUT2D eigenvalue weighted by atomic mass is 79.9. The van der Waals surface area contributed by atoms with E-state index >= 15 is 0 Å². The van der Waals surface area contributed by atoms with Crippen molar-refractivity contribution in [3.8, 4) is 0 Å². The van der Waals surface area contributed by atoms with Crippen molar-refractivity contribution < 1.29 is 4.74 Å². The van der Waals surface area contributed by atoms with Crippen LogP contribution in [0.5, 0.6) is 0 Å². The Labute approximate surface area is 99.1 Å². The van der Waals surface area contributed by atoms with E-state index in [1.807, 2.05) is 0 Å². The Balaban J connectivity index is 2.22. The molecule has 1 aromatic rings. The van der Waals surface area contributed by atoms with Crippen molar-refractivity contribution in [3.63, 3.8) is 0 Å². The van der Waals surface area contributed by atoms with Crippen molar-refractivity contribution in [2.45, 2.75) is 19.4 Å². The Bertz CT molecular complexity index is 334. The molecule has 1 aliphatic rings. The summed E-state index contributed by atoms with van der Waals surface area (Å²) in [5, 5.41) is 3.35. The minimum absolute atomic E-state index is 0.210. The lowest BCUT2D eigenvalue weighted by atomic mass is 10.0. The van der Waals surface area contributed by atoms with E-state index in [1.54, 1.807) is 0 Å². The van der Waals surface area contributed by atoms with Gasteiger partial charge >= 0.3 is 0 Å². The molecule has 1 fully saturated rings. The largest absolute Gasteiger partial charge is 0.371 e. The molecule has 0 saturated carbocycles. The quantitative estimate of drug-likeness (QED) is 0.892. The van der Waals surface area contributed by atoms with Crippen LogP contribution in [0.2, 0.25) is 0 Å². The second kappa shape index (κ2) is 5.10. The molecule has 0 aliphatic carbocycles. The van der Waals surface area contributed by atoms with Gasteiger partial charge in [0, 0.05) is 17.6 Å². The first-order chi connectivity index (χ1) is 7.29. The van der Waals surface area contributed by atoms with E-state index in [1.165, 1.54) is 11.1 Å². The van der Waals surface area contributed by atoms with Gasteiger partial charge in [0.1, 0.15) is 0 Å². The monoisotopic (exact) mass is 269 g/mol. The van der Waals surface area contributed by atoms with Crippen molar-refractivity contribution >= 4 is 15.9 Å². The molecule has 15 heavy (non-hydrogen) atoms.